The molecule has 0 aliphatic heterocycles. The van der Waals surface area contributed by atoms with Crippen LogP contribution in [-0.4, -0.2) is 20.1 Å². The number of pyridine rings is 1. The molecule has 0 atom stereocenters. The highest BCUT2D eigenvalue weighted by atomic mass is 19.1. The molecule has 2 heterocycles. The van der Waals surface area contributed by atoms with Crippen molar-refractivity contribution in [2.24, 2.45) is 0 Å². The molecule has 0 amide bonds. The van der Waals surface area contributed by atoms with Gasteiger partial charge in [0.05, 0.1) is 5.56 Å². The largest absolute Gasteiger partial charge is 0.507 e. The Balaban J connectivity index is 2.35. The van der Waals surface area contributed by atoms with E-state index in [2.05, 4.69) is 15.0 Å². The van der Waals surface area contributed by atoms with E-state index in [1.165, 1.54) is 30.9 Å². The Morgan fingerprint density at radius 2 is 1.89 bits per heavy atom. The minimum absolute atomic E-state index is 0.0302. The molecule has 0 radical (unpaired) electrons. The molecule has 0 aliphatic carbocycles. The number of aromatic nitrogens is 3. The molecule has 0 bridgehead atoms. The van der Waals surface area contributed by atoms with Gasteiger partial charge in [0, 0.05) is 17.8 Å². The van der Waals surface area contributed by atoms with Crippen LogP contribution in [0.3, 0.4) is 0 Å². The summed E-state index contributed by atoms with van der Waals surface area (Å²) < 4.78 is 28.0. The maximum atomic E-state index is 14.3. The van der Waals surface area contributed by atoms with Crippen LogP contribution in [0.1, 0.15) is 0 Å². The summed E-state index contributed by atoms with van der Waals surface area (Å²) in [5.74, 6) is -1.92. The summed E-state index contributed by atoms with van der Waals surface area (Å²) in [6.45, 7) is 0. The zero-order valence-electron chi connectivity index (χ0n) is 9.51. The second-order valence-corrected chi connectivity index (χ2v) is 3.88. The number of phenolic OH excluding ortho intramolecular Hbond substituents is 1. The van der Waals surface area contributed by atoms with Gasteiger partial charge in [0.25, 0.3) is 0 Å². The highest BCUT2D eigenvalue weighted by Gasteiger charge is 2.18. The molecule has 3 aromatic rings. The van der Waals surface area contributed by atoms with Crippen molar-refractivity contribution in [3.8, 4) is 17.0 Å². The lowest BCUT2D eigenvalue weighted by Crippen LogP contribution is -1.96. The molecule has 94 valence electrons. The van der Waals surface area contributed by atoms with Gasteiger partial charge in [0.2, 0.25) is 0 Å². The second-order valence-electron chi connectivity index (χ2n) is 3.88. The van der Waals surface area contributed by atoms with Crippen LogP contribution < -0.4 is 0 Å². The van der Waals surface area contributed by atoms with Gasteiger partial charge < -0.3 is 5.11 Å². The number of hydrogen-bond donors (Lipinski definition) is 1. The third kappa shape index (κ3) is 1.77. The summed E-state index contributed by atoms with van der Waals surface area (Å²) in [5, 5.41) is 10.1. The Morgan fingerprint density at radius 3 is 2.68 bits per heavy atom. The first-order chi connectivity index (χ1) is 9.18. The number of aromatic hydroxyl groups is 1. The average molecular weight is 259 g/mol. The van der Waals surface area contributed by atoms with Crippen molar-refractivity contribution >= 4 is 10.9 Å². The summed E-state index contributed by atoms with van der Waals surface area (Å²) in [6.07, 6.45) is 3.93. The Morgan fingerprint density at radius 1 is 1.05 bits per heavy atom. The molecule has 19 heavy (non-hydrogen) atoms. The number of phenols is 1. The first-order valence-corrected chi connectivity index (χ1v) is 5.40. The van der Waals surface area contributed by atoms with E-state index in [0.29, 0.717) is 5.39 Å². The van der Waals surface area contributed by atoms with Gasteiger partial charge in [-0.1, -0.05) is 6.07 Å². The molecule has 0 fully saturated rings. The lowest BCUT2D eigenvalue weighted by molar-refractivity contribution is 0.471. The van der Waals surface area contributed by atoms with Crippen LogP contribution >= 0.6 is 0 Å². The van der Waals surface area contributed by atoms with E-state index in [1.807, 2.05) is 0 Å². The quantitative estimate of drug-likeness (QED) is 0.730. The fourth-order valence-electron chi connectivity index (χ4n) is 1.84. The predicted molar refractivity (Wildman–Crippen MR) is 64.3 cm³/mol. The maximum Gasteiger partial charge on any atom is 0.176 e. The number of fused-ring (bicyclic) bond motifs is 1. The molecule has 0 spiro atoms. The molecule has 1 aromatic carbocycles. The van der Waals surface area contributed by atoms with Gasteiger partial charge in [-0.3, -0.25) is 4.98 Å². The molecule has 4 nitrogen and oxygen atoms in total. The van der Waals surface area contributed by atoms with Gasteiger partial charge in [0.1, 0.15) is 29.1 Å². The van der Waals surface area contributed by atoms with E-state index in [-0.39, 0.29) is 22.5 Å². The van der Waals surface area contributed by atoms with Gasteiger partial charge in [-0.15, -0.1) is 0 Å². The first-order valence-electron chi connectivity index (χ1n) is 5.40. The fraction of sp³-hybridized carbons (Fsp3) is 0. The van der Waals surface area contributed by atoms with Gasteiger partial charge in [-0.2, -0.15) is 0 Å². The third-order valence-corrected chi connectivity index (χ3v) is 2.72. The third-order valence-electron chi connectivity index (χ3n) is 2.72. The van der Waals surface area contributed by atoms with E-state index < -0.39 is 11.6 Å². The Hall–Kier alpha value is -2.63. The molecule has 0 unspecified atom stereocenters. The standard InChI is InChI=1S/C13H7F2N3O/c14-8-2-1-3-9(19)10(8)13-11(15)12-7(5-17-13)4-16-6-18-12/h1-6,19H. The average Bonchev–Trinajstić information content (AvgIpc) is 2.41. The van der Waals surface area contributed by atoms with Crippen molar-refractivity contribution in [1.29, 1.82) is 0 Å². The summed E-state index contributed by atoms with van der Waals surface area (Å²) in [6, 6.07) is 3.72. The van der Waals surface area contributed by atoms with E-state index in [4.69, 9.17) is 0 Å². The normalized spacial score (nSPS) is 10.8. The van der Waals surface area contributed by atoms with E-state index >= 15 is 0 Å². The van der Waals surface area contributed by atoms with E-state index in [9.17, 15) is 13.9 Å². The summed E-state index contributed by atoms with van der Waals surface area (Å²) in [7, 11) is 0. The van der Waals surface area contributed by atoms with Crippen LogP contribution in [-0.2, 0) is 0 Å². The van der Waals surface area contributed by atoms with Crippen LogP contribution in [0.2, 0.25) is 0 Å². The van der Waals surface area contributed by atoms with E-state index in [0.717, 1.165) is 6.07 Å². The monoisotopic (exact) mass is 259 g/mol. The Labute approximate surface area is 106 Å². The van der Waals surface area contributed by atoms with Crippen molar-refractivity contribution < 1.29 is 13.9 Å². The van der Waals surface area contributed by atoms with Gasteiger partial charge in [-0.05, 0) is 12.1 Å². The van der Waals surface area contributed by atoms with Crippen molar-refractivity contribution in [3.05, 3.63) is 48.6 Å². The van der Waals surface area contributed by atoms with Gasteiger partial charge in [0.15, 0.2) is 5.82 Å². The minimum atomic E-state index is -0.791. The van der Waals surface area contributed by atoms with Crippen LogP contribution in [0.5, 0.6) is 5.75 Å². The van der Waals surface area contributed by atoms with Crippen LogP contribution in [0.15, 0.2) is 36.9 Å². The molecular formula is C13H7F2N3O. The Kier molecular flexibility index (Phi) is 2.56. The Bertz CT molecular complexity index is 757. The number of nitrogens with zero attached hydrogens (tertiary/aromatic N) is 3. The van der Waals surface area contributed by atoms with Gasteiger partial charge in [-0.25, -0.2) is 18.7 Å². The van der Waals surface area contributed by atoms with Crippen LogP contribution in [0.25, 0.3) is 22.2 Å². The molecule has 0 saturated carbocycles. The lowest BCUT2D eigenvalue weighted by atomic mass is 10.1. The molecule has 1 N–H and O–H groups in total. The summed E-state index contributed by atoms with van der Waals surface area (Å²) >= 11 is 0. The molecular weight excluding hydrogens is 252 g/mol. The summed E-state index contributed by atoms with van der Waals surface area (Å²) in [4.78, 5) is 11.4. The minimum Gasteiger partial charge on any atom is -0.507 e. The number of rotatable bonds is 1. The molecule has 3 rings (SSSR count). The van der Waals surface area contributed by atoms with Crippen molar-refractivity contribution in [2.75, 3.05) is 0 Å². The predicted octanol–water partition coefficient (Wildman–Crippen LogP) is 2.68. The SMILES string of the molecule is Oc1cccc(F)c1-c1ncc2cncnc2c1F. The fourth-order valence-corrected chi connectivity index (χ4v) is 1.84. The second kappa shape index (κ2) is 4.24. The summed E-state index contributed by atoms with van der Waals surface area (Å²) in [5.41, 5.74) is -0.523. The number of hydrogen-bond acceptors (Lipinski definition) is 4. The van der Waals surface area contributed by atoms with Crippen molar-refractivity contribution in [3.63, 3.8) is 0 Å². The first kappa shape index (κ1) is 11.5. The highest BCUT2D eigenvalue weighted by Crippen LogP contribution is 2.33. The zero-order valence-corrected chi connectivity index (χ0v) is 9.51. The highest BCUT2D eigenvalue weighted by molar-refractivity contribution is 5.83. The number of halogens is 2. The van der Waals surface area contributed by atoms with Crippen molar-refractivity contribution in [1.82, 2.24) is 15.0 Å². The molecule has 0 saturated heterocycles. The van der Waals surface area contributed by atoms with Crippen LogP contribution in [0, 0.1) is 11.6 Å². The molecule has 6 heteroatoms. The molecule has 0 aliphatic rings. The number of benzene rings is 1. The van der Waals surface area contributed by atoms with Gasteiger partial charge >= 0.3 is 0 Å². The molecule has 2 aromatic heterocycles. The van der Waals surface area contributed by atoms with Crippen molar-refractivity contribution in [2.45, 2.75) is 0 Å². The lowest BCUT2D eigenvalue weighted by Gasteiger charge is -2.07. The topological polar surface area (TPSA) is 58.9 Å². The maximum absolute atomic E-state index is 14.3. The van der Waals surface area contributed by atoms with E-state index in [1.54, 1.807) is 0 Å². The smallest absolute Gasteiger partial charge is 0.176 e. The van der Waals surface area contributed by atoms with Crippen LogP contribution in [0.4, 0.5) is 8.78 Å². The zero-order chi connectivity index (χ0) is 13.4.